The van der Waals surface area contributed by atoms with Crippen molar-refractivity contribution in [1.29, 1.82) is 0 Å². The second-order valence-corrected chi connectivity index (χ2v) is 4.54. The van der Waals surface area contributed by atoms with E-state index in [1.54, 1.807) is 0 Å². The molecule has 0 saturated carbocycles. The van der Waals surface area contributed by atoms with Crippen LogP contribution in [0.3, 0.4) is 0 Å². The van der Waals surface area contributed by atoms with Gasteiger partial charge in [0.1, 0.15) is 5.82 Å². The van der Waals surface area contributed by atoms with Crippen molar-refractivity contribution < 1.29 is 24.0 Å². The van der Waals surface area contributed by atoms with E-state index in [1.807, 2.05) is 0 Å². The van der Waals surface area contributed by atoms with Crippen LogP contribution in [0, 0.1) is 5.82 Å². The van der Waals surface area contributed by atoms with Gasteiger partial charge in [0.05, 0.1) is 23.8 Å². The zero-order chi connectivity index (χ0) is 14.0. The molecule has 0 radical (unpaired) electrons. The summed E-state index contributed by atoms with van der Waals surface area (Å²) in [4.78, 5) is 13.7. The molecule has 0 unspecified atom stereocenters. The molecule has 5 nitrogen and oxygen atoms in total. The van der Waals surface area contributed by atoms with Gasteiger partial charge in [0, 0.05) is 18.6 Å². The quantitative estimate of drug-likeness (QED) is 0.728. The fourth-order valence-electron chi connectivity index (χ4n) is 1.86. The number of morpholine rings is 1. The van der Waals surface area contributed by atoms with Gasteiger partial charge in [-0.1, -0.05) is 11.6 Å². The number of hydrogen-bond acceptors (Lipinski definition) is 4. The third-order valence-corrected chi connectivity index (χ3v) is 3.21. The van der Waals surface area contributed by atoms with Crippen LogP contribution >= 0.6 is 11.6 Å². The minimum atomic E-state index is -1.99. The molecule has 1 fully saturated rings. The maximum Gasteiger partial charge on any atom is 0.491 e. The summed E-state index contributed by atoms with van der Waals surface area (Å²) in [6.45, 7) is 1.70. The first-order chi connectivity index (χ1) is 9.00. The van der Waals surface area contributed by atoms with Crippen LogP contribution in [-0.2, 0) is 4.74 Å². The molecule has 1 saturated heterocycles. The average molecular weight is 287 g/mol. The Hall–Kier alpha value is -1.15. The van der Waals surface area contributed by atoms with E-state index in [4.69, 9.17) is 26.4 Å². The Bertz CT molecular complexity index is 494. The van der Waals surface area contributed by atoms with E-state index in [9.17, 15) is 9.18 Å². The normalized spacial score (nSPS) is 15.5. The van der Waals surface area contributed by atoms with Crippen LogP contribution in [0.15, 0.2) is 12.1 Å². The van der Waals surface area contributed by atoms with Crippen molar-refractivity contribution >= 4 is 30.1 Å². The maximum atomic E-state index is 13.4. The molecular weight excluding hydrogens is 275 g/mol. The number of carbonyl (C=O) groups is 1. The Kier molecular flexibility index (Phi) is 4.41. The molecule has 1 aromatic rings. The fraction of sp³-hybridized carbons (Fsp3) is 0.364. The van der Waals surface area contributed by atoms with Crippen LogP contribution in [0.4, 0.5) is 4.39 Å². The molecule has 1 amide bonds. The average Bonchev–Trinajstić information content (AvgIpc) is 2.38. The first kappa shape index (κ1) is 14.3. The Morgan fingerprint density at radius 1 is 1.37 bits per heavy atom. The van der Waals surface area contributed by atoms with Crippen LogP contribution in [-0.4, -0.2) is 54.3 Å². The predicted molar refractivity (Wildman–Crippen MR) is 68.0 cm³/mol. The second-order valence-electron chi connectivity index (χ2n) is 4.13. The minimum Gasteiger partial charge on any atom is -0.423 e. The number of benzene rings is 1. The van der Waals surface area contributed by atoms with Crippen LogP contribution in [0.5, 0.6) is 0 Å². The van der Waals surface area contributed by atoms with Gasteiger partial charge in [0.2, 0.25) is 0 Å². The smallest absolute Gasteiger partial charge is 0.423 e. The Morgan fingerprint density at radius 2 is 2.00 bits per heavy atom. The van der Waals surface area contributed by atoms with Crippen molar-refractivity contribution in [3.63, 3.8) is 0 Å². The SMILES string of the molecule is O=C(c1cc(B(O)O)c(F)cc1Cl)N1CCOCC1. The van der Waals surface area contributed by atoms with Gasteiger partial charge in [0.15, 0.2) is 0 Å². The van der Waals surface area contributed by atoms with Crippen molar-refractivity contribution in [1.82, 2.24) is 4.90 Å². The summed E-state index contributed by atoms with van der Waals surface area (Å²) in [5, 5.41) is 18.0. The molecule has 1 aliphatic heterocycles. The van der Waals surface area contributed by atoms with Crippen LogP contribution < -0.4 is 5.46 Å². The highest BCUT2D eigenvalue weighted by molar-refractivity contribution is 6.59. The van der Waals surface area contributed by atoms with Crippen molar-refractivity contribution in [3.05, 3.63) is 28.5 Å². The molecule has 0 atom stereocenters. The highest BCUT2D eigenvalue weighted by Gasteiger charge is 2.25. The van der Waals surface area contributed by atoms with Crippen LogP contribution in [0.25, 0.3) is 0 Å². The van der Waals surface area contributed by atoms with Gasteiger partial charge < -0.3 is 19.7 Å². The lowest BCUT2D eigenvalue weighted by atomic mass is 9.79. The molecule has 0 aliphatic carbocycles. The molecule has 1 heterocycles. The van der Waals surface area contributed by atoms with Crippen LogP contribution in [0.1, 0.15) is 10.4 Å². The van der Waals surface area contributed by atoms with Gasteiger partial charge in [0.25, 0.3) is 5.91 Å². The van der Waals surface area contributed by atoms with Gasteiger partial charge in [-0.15, -0.1) is 0 Å². The summed E-state index contributed by atoms with van der Waals surface area (Å²) in [5.74, 6) is -1.24. The highest BCUT2D eigenvalue weighted by atomic mass is 35.5. The van der Waals surface area contributed by atoms with Crippen LogP contribution in [0.2, 0.25) is 5.02 Å². The lowest BCUT2D eigenvalue weighted by molar-refractivity contribution is 0.0303. The molecule has 0 bridgehead atoms. The molecule has 1 aliphatic rings. The van der Waals surface area contributed by atoms with E-state index in [0.29, 0.717) is 26.3 Å². The number of carbonyl (C=O) groups excluding carboxylic acids is 1. The van der Waals surface area contributed by atoms with Gasteiger partial charge in [-0.05, 0) is 12.1 Å². The summed E-state index contributed by atoms with van der Waals surface area (Å²) in [5.41, 5.74) is -0.325. The third-order valence-electron chi connectivity index (χ3n) is 2.89. The number of ether oxygens (including phenoxy) is 1. The molecule has 8 heteroatoms. The van der Waals surface area contributed by atoms with E-state index in [2.05, 4.69) is 0 Å². The maximum absolute atomic E-state index is 13.4. The molecular formula is C11H12BClFNO4. The lowest BCUT2D eigenvalue weighted by Crippen LogP contribution is -2.41. The van der Waals surface area contributed by atoms with Gasteiger partial charge >= 0.3 is 7.12 Å². The largest absolute Gasteiger partial charge is 0.491 e. The lowest BCUT2D eigenvalue weighted by Gasteiger charge is -2.27. The topological polar surface area (TPSA) is 70.0 Å². The Balaban J connectivity index is 2.32. The van der Waals surface area contributed by atoms with E-state index in [0.717, 1.165) is 12.1 Å². The summed E-state index contributed by atoms with van der Waals surface area (Å²) < 4.78 is 18.6. The van der Waals surface area contributed by atoms with Crippen molar-refractivity contribution in [2.24, 2.45) is 0 Å². The highest BCUT2D eigenvalue weighted by Crippen LogP contribution is 2.19. The van der Waals surface area contributed by atoms with E-state index < -0.39 is 12.9 Å². The van der Waals surface area contributed by atoms with Crippen molar-refractivity contribution in [2.45, 2.75) is 0 Å². The Morgan fingerprint density at radius 3 is 2.58 bits per heavy atom. The molecule has 2 rings (SSSR count). The summed E-state index contributed by atoms with van der Waals surface area (Å²) in [7, 11) is -1.99. The van der Waals surface area contributed by atoms with Gasteiger partial charge in [-0.3, -0.25) is 4.79 Å². The van der Waals surface area contributed by atoms with E-state index in [-0.39, 0.29) is 22.0 Å². The summed E-state index contributed by atoms with van der Waals surface area (Å²) >= 11 is 5.84. The van der Waals surface area contributed by atoms with E-state index in [1.165, 1.54) is 4.90 Å². The third kappa shape index (κ3) is 3.06. The number of nitrogens with zero attached hydrogens (tertiary/aromatic N) is 1. The first-order valence-corrected chi connectivity index (χ1v) is 6.10. The number of rotatable bonds is 2. The second kappa shape index (κ2) is 5.87. The molecule has 2 N–H and O–H groups in total. The molecule has 19 heavy (non-hydrogen) atoms. The molecule has 102 valence electrons. The van der Waals surface area contributed by atoms with Gasteiger partial charge in [-0.2, -0.15) is 0 Å². The van der Waals surface area contributed by atoms with Crippen molar-refractivity contribution in [2.75, 3.05) is 26.3 Å². The number of hydrogen-bond donors (Lipinski definition) is 2. The standard InChI is InChI=1S/C11H12BClFNO4/c13-9-6-10(14)8(12(17)18)5-7(9)11(16)15-1-3-19-4-2-15/h5-6,17-18H,1-4H2. The predicted octanol–water partition coefficient (Wildman–Crippen LogP) is -0.369. The monoisotopic (exact) mass is 287 g/mol. The van der Waals surface area contributed by atoms with E-state index >= 15 is 0 Å². The zero-order valence-corrected chi connectivity index (χ0v) is 10.7. The summed E-state index contributed by atoms with van der Waals surface area (Å²) in [6.07, 6.45) is 0. The number of halogens is 2. The molecule has 0 spiro atoms. The zero-order valence-electron chi connectivity index (χ0n) is 9.97. The van der Waals surface area contributed by atoms with Gasteiger partial charge in [-0.25, -0.2) is 4.39 Å². The fourth-order valence-corrected chi connectivity index (χ4v) is 2.10. The Labute approximate surface area is 114 Å². The number of amides is 1. The molecule has 1 aromatic carbocycles. The van der Waals surface area contributed by atoms with Crippen molar-refractivity contribution in [3.8, 4) is 0 Å². The minimum absolute atomic E-state index is 0.0491. The summed E-state index contributed by atoms with van der Waals surface area (Å²) in [6, 6.07) is 1.98. The molecule has 0 aromatic heterocycles. The first-order valence-electron chi connectivity index (χ1n) is 5.73.